The third kappa shape index (κ3) is 4.63. The van der Waals surface area contributed by atoms with Crippen molar-refractivity contribution in [3.05, 3.63) is 36.0 Å². The van der Waals surface area contributed by atoms with E-state index in [9.17, 15) is 0 Å². The van der Waals surface area contributed by atoms with Gasteiger partial charge in [0.05, 0.1) is 0 Å². The lowest BCUT2D eigenvalue weighted by Crippen LogP contribution is -2.17. The highest BCUT2D eigenvalue weighted by atomic mass is 32.2. The molecule has 0 amide bonds. The monoisotopic (exact) mass is 292 g/mol. The van der Waals surface area contributed by atoms with E-state index in [0.29, 0.717) is 6.54 Å². The molecule has 6 heteroatoms. The van der Waals surface area contributed by atoms with Crippen molar-refractivity contribution in [3.63, 3.8) is 0 Å². The van der Waals surface area contributed by atoms with Crippen LogP contribution in [0.2, 0.25) is 0 Å². The molecule has 0 radical (unpaired) electrons. The highest BCUT2D eigenvalue weighted by Gasteiger charge is 2.08. The number of aromatic nitrogens is 3. The second kappa shape index (κ2) is 8.73. The molecule has 5 nitrogen and oxygen atoms in total. The molecule has 3 N–H and O–H groups in total. The maximum atomic E-state index is 8.69. The molecule has 0 saturated carbocycles. The van der Waals surface area contributed by atoms with Crippen LogP contribution in [0.1, 0.15) is 12.1 Å². The van der Waals surface area contributed by atoms with Crippen molar-refractivity contribution in [2.24, 2.45) is 0 Å². The molecule has 2 aromatic rings. The van der Waals surface area contributed by atoms with Gasteiger partial charge in [0.1, 0.15) is 11.4 Å². The Bertz CT molecular complexity index is 489. The van der Waals surface area contributed by atoms with Gasteiger partial charge in [-0.1, -0.05) is 30.3 Å². The van der Waals surface area contributed by atoms with Gasteiger partial charge in [0.15, 0.2) is 0 Å². The Morgan fingerprint density at radius 3 is 2.80 bits per heavy atom. The van der Waals surface area contributed by atoms with Crippen molar-refractivity contribution in [3.8, 4) is 11.3 Å². The average Bonchev–Trinajstić information content (AvgIpc) is 2.96. The zero-order chi connectivity index (χ0) is 14.0. The van der Waals surface area contributed by atoms with Gasteiger partial charge < -0.3 is 10.4 Å². The number of nitrogens with zero attached hydrogens (tertiary/aromatic N) is 2. The van der Waals surface area contributed by atoms with Crippen molar-refractivity contribution in [1.82, 2.24) is 20.7 Å². The smallest absolute Gasteiger partial charge is 0.117 e. The molecule has 1 aromatic carbocycles. The van der Waals surface area contributed by atoms with Crippen LogP contribution < -0.4 is 5.32 Å². The van der Waals surface area contributed by atoms with Crippen LogP contribution in [-0.2, 0) is 6.54 Å². The number of aromatic amines is 1. The third-order valence-corrected chi connectivity index (χ3v) is 3.90. The number of nitrogens with one attached hydrogen (secondary N) is 2. The molecule has 0 unspecified atom stereocenters. The molecule has 0 bridgehead atoms. The quantitative estimate of drug-likeness (QED) is 0.613. The molecular formula is C14H20N4OS. The number of aliphatic hydroxyl groups excluding tert-OH is 1. The van der Waals surface area contributed by atoms with Crippen LogP contribution in [0.4, 0.5) is 0 Å². The topological polar surface area (TPSA) is 73.8 Å². The zero-order valence-corrected chi connectivity index (χ0v) is 12.2. The Hall–Kier alpha value is -1.37. The lowest BCUT2D eigenvalue weighted by molar-refractivity contribution is 0.296. The zero-order valence-electron chi connectivity index (χ0n) is 11.4. The molecule has 108 valence electrons. The summed E-state index contributed by atoms with van der Waals surface area (Å²) in [4.78, 5) is 0. The minimum Gasteiger partial charge on any atom is -0.396 e. The van der Waals surface area contributed by atoms with E-state index in [1.165, 1.54) is 0 Å². The second-order valence-electron chi connectivity index (χ2n) is 4.35. The van der Waals surface area contributed by atoms with Gasteiger partial charge >= 0.3 is 0 Å². The molecule has 0 atom stereocenters. The first-order valence-electron chi connectivity index (χ1n) is 6.76. The van der Waals surface area contributed by atoms with E-state index in [-0.39, 0.29) is 6.61 Å². The van der Waals surface area contributed by atoms with Crippen LogP contribution in [-0.4, -0.2) is 45.2 Å². The van der Waals surface area contributed by atoms with Crippen molar-refractivity contribution in [2.75, 3.05) is 24.7 Å². The summed E-state index contributed by atoms with van der Waals surface area (Å²) in [6.07, 6.45) is 0.867. The number of hydrogen-bond acceptors (Lipinski definition) is 5. The molecule has 1 heterocycles. The van der Waals surface area contributed by atoms with Gasteiger partial charge in [0.2, 0.25) is 0 Å². The fraction of sp³-hybridized carbons (Fsp3) is 0.429. The lowest BCUT2D eigenvalue weighted by atomic mass is 10.1. The first-order valence-corrected chi connectivity index (χ1v) is 7.91. The minimum absolute atomic E-state index is 0.278. The predicted molar refractivity (Wildman–Crippen MR) is 82.6 cm³/mol. The second-order valence-corrected chi connectivity index (χ2v) is 5.58. The largest absolute Gasteiger partial charge is 0.396 e. The summed E-state index contributed by atoms with van der Waals surface area (Å²) < 4.78 is 0. The van der Waals surface area contributed by atoms with Crippen molar-refractivity contribution < 1.29 is 5.11 Å². The van der Waals surface area contributed by atoms with Crippen LogP contribution >= 0.6 is 11.8 Å². The van der Waals surface area contributed by atoms with E-state index in [1.54, 1.807) is 0 Å². The average molecular weight is 292 g/mol. The normalized spacial score (nSPS) is 10.8. The van der Waals surface area contributed by atoms with E-state index in [4.69, 9.17) is 5.11 Å². The maximum Gasteiger partial charge on any atom is 0.117 e. The van der Waals surface area contributed by atoms with Crippen molar-refractivity contribution >= 4 is 11.8 Å². The summed E-state index contributed by atoms with van der Waals surface area (Å²) in [7, 11) is 0. The fourth-order valence-electron chi connectivity index (χ4n) is 1.82. The Kier molecular flexibility index (Phi) is 6.56. The van der Waals surface area contributed by atoms with Gasteiger partial charge in [-0.3, -0.25) is 0 Å². The highest BCUT2D eigenvalue weighted by molar-refractivity contribution is 7.99. The summed E-state index contributed by atoms with van der Waals surface area (Å²) >= 11 is 1.85. The first-order chi connectivity index (χ1) is 9.92. The molecule has 2 rings (SSSR count). The summed E-state index contributed by atoms with van der Waals surface area (Å²) in [5.41, 5.74) is 2.93. The molecule has 0 aliphatic heterocycles. The molecule has 0 fully saturated rings. The molecule has 20 heavy (non-hydrogen) atoms. The van der Waals surface area contributed by atoms with E-state index < -0.39 is 0 Å². The summed E-state index contributed by atoms with van der Waals surface area (Å²) in [6, 6.07) is 10.1. The Morgan fingerprint density at radius 2 is 2.00 bits per heavy atom. The number of H-pyrrole nitrogens is 1. The summed E-state index contributed by atoms with van der Waals surface area (Å²) in [5, 5.41) is 23.2. The van der Waals surface area contributed by atoms with Gasteiger partial charge in [-0.2, -0.15) is 27.2 Å². The van der Waals surface area contributed by atoms with E-state index in [2.05, 4.69) is 20.7 Å². The number of rotatable bonds is 9. The minimum atomic E-state index is 0.278. The van der Waals surface area contributed by atoms with Crippen LogP contribution in [0.25, 0.3) is 11.3 Å². The van der Waals surface area contributed by atoms with Crippen LogP contribution in [0.5, 0.6) is 0 Å². The highest BCUT2D eigenvalue weighted by Crippen LogP contribution is 2.18. The summed E-state index contributed by atoms with van der Waals surface area (Å²) in [6.45, 7) is 1.91. The number of aliphatic hydroxyl groups is 1. The lowest BCUT2D eigenvalue weighted by Gasteiger charge is -2.04. The van der Waals surface area contributed by atoms with Crippen molar-refractivity contribution in [1.29, 1.82) is 0 Å². The standard InChI is InChI=1S/C14H20N4OS/c19-8-4-9-20-10-7-15-11-13-14(17-18-16-13)12-5-2-1-3-6-12/h1-3,5-6,15,19H,4,7-11H2,(H,16,17,18). The Balaban J connectivity index is 1.76. The van der Waals surface area contributed by atoms with E-state index >= 15 is 0 Å². The Labute approximate surface area is 123 Å². The molecule has 0 spiro atoms. The summed E-state index contributed by atoms with van der Waals surface area (Å²) in [5.74, 6) is 2.05. The van der Waals surface area contributed by atoms with Gasteiger partial charge in [-0.25, -0.2) is 0 Å². The Morgan fingerprint density at radius 1 is 1.15 bits per heavy atom. The van der Waals surface area contributed by atoms with Gasteiger partial charge in [0.25, 0.3) is 0 Å². The number of benzene rings is 1. The number of hydrogen-bond donors (Lipinski definition) is 3. The number of thioether (sulfide) groups is 1. The predicted octanol–water partition coefficient (Wildman–Crippen LogP) is 1.68. The molecule has 0 aliphatic carbocycles. The third-order valence-electron chi connectivity index (χ3n) is 2.83. The van der Waals surface area contributed by atoms with Crippen LogP contribution in [0.3, 0.4) is 0 Å². The first kappa shape index (κ1) is 15.0. The van der Waals surface area contributed by atoms with Crippen LogP contribution in [0, 0.1) is 0 Å². The van der Waals surface area contributed by atoms with Gasteiger partial charge in [-0.05, 0) is 12.2 Å². The molecule has 0 aliphatic rings. The van der Waals surface area contributed by atoms with Gasteiger partial charge in [-0.15, -0.1) is 0 Å². The van der Waals surface area contributed by atoms with E-state index in [0.717, 1.165) is 41.4 Å². The molecule has 0 saturated heterocycles. The SMILES string of the molecule is OCCCSCCNCc1n[nH]nc1-c1ccccc1. The van der Waals surface area contributed by atoms with Gasteiger partial charge in [0, 0.05) is 31.0 Å². The molecule has 1 aromatic heterocycles. The molecular weight excluding hydrogens is 272 g/mol. The fourth-order valence-corrected chi connectivity index (χ4v) is 2.65. The van der Waals surface area contributed by atoms with Crippen molar-refractivity contribution in [2.45, 2.75) is 13.0 Å². The van der Waals surface area contributed by atoms with Crippen LogP contribution in [0.15, 0.2) is 30.3 Å². The maximum absolute atomic E-state index is 8.69. The van der Waals surface area contributed by atoms with E-state index in [1.807, 2.05) is 42.1 Å².